The lowest BCUT2D eigenvalue weighted by molar-refractivity contribution is 0.0936. The molecule has 0 unspecified atom stereocenters. The lowest BCUT2D eigenvalue weighted by atomic mass is 9.88. The Balaban J connectivity index is 1.42. The Morgan fingerprint density at radius 1 is 0.943 bits per heavy atom. The second-order valence-electron chi connectivity index (χ2n) is 9.11. The lowest BCUT2D eigenvalue weighted by Crippen LogP contribution is -2.37. The fourth-order valence-corrected chi connectivity index (χ4v) is 5.56. The minimum absolute atomic E-state index is 0.261. The molecule has 180 valence electrons. The first kappa shape index (κ1) is 23.3. The highest BCUT2D eigenvalue weighted by Crippen LogP contribution is 2.38. The zero-order valence-electron chi connectivity index (χ0n) is 19.7. The summed E-state index contributed by atoms with van der Waals surface area (Å²) in [5, 5.41) is 0. The average Bonchev–Trinajstić information content (AvgIpc) is 3.04. The van der Waals surface area contributed by atoms with Crippen molar-refractivity contribution in [2.24, 2.45) is 0 Å². The van der Waals surface area contributed by atoms with Crippen molar-refractivity contribution >= 4 is 21.5 Å². The number of aryl methyl sites for hydroxylation is 2. The quantitative estimate of drug-likeness (QED) is 0.528. The number of pyridine rings is 1. The molecule has 2 heterocycles. The van der Waals surface area contributed by atoms with Gasteiger partial charge in [0.25, 0.3) is 0 Å². The number of piperidine rings is 1. The third-order valence-corrected chi connectivity index (χ3v) is 7.86. The second kappa shape index (κ2) is 9.66. The predicted octanol–water partition coefficient (Wildman–Crippen LogP) is 4.82. The molecule has 35 heavy (non-hydrogen) atoms. The first-order chi connectivity index (χ1) is 16.9. The molecule has 0 saturated carbocycles. The van der Waals surface area contributed by atoms with Gasteiger partial charge in [-0.2, -0.15) is 0 Å². The zero-order valence-corrected chi connectivity index (χ0v) is 20.6. The molecular weight excluding hydrogens is 460 g/mol. The van der Waals surface area contributed by atoms with Gasteiger partial charge < -0.3 is 9.64 Å². The number of hydrogen-bond acceptors (Lipinski definition) is 5. The molecule has 0 N–H and O–H groups in total. The minimum Gasteiger partial charge on any atom is -0.445 e. The predicted molar refractivity (Wildman–Crippen MR) is 135 cm³/mol. The van der Waals surface area contributed by atoms with Crippen LogP contribution in [0.2, 0.25) is 0 Å². The van der Waals surface area contributed by atoms with Crippen molar-refractivity contribution in [2.45, 2.75) is 37.2 Å². The van der Waals surface area contributed by atoms with Gasteiger partial charge in [0.2, 0.25) is 0 Å². The minimum atomic E-state index is -3.29. The number of benzene rings is 2. The summed E-state index contributed by atoms with van der Waals surface area (Å²) in [6.07, 6.45) is 5.76. The van der Waals surface area contributed by atoms with Gasteiger partial charge in [0.05, 0.1) is 10.6 Å². The van der Waals surface area contributed by atoms with E-state index in [0.717, 1.165) is 59.2 Å². The van der Waals surface area contributed by atoms with E-state index in [2.05, 4.69) is 6.07 Å². The molecule has 0 spiro atoms. The molecule has 5 rings (SSSR count). The molecule has 1 saturated heterocycles. The third kappa shape index (κ3) is 5.00. The van der Waals surface area contributed by atoms with Gasteiger partial charge in [0, 0.05) is 31.1 Å². The number of likely N-dealkylation sites (tertiary alicyclic amines) is 1. The summed E-state index contributed by atoms with van der Waals surface area (Å²) >= 11 is 0. The Labute approximate surface area is 206 Å². The van der Waals surface area contributed by atoms with Crippen LogP contribution in [0.25, 0.3) is 5.57 Å². The zero-order chi connectivity index (χ0) is 24.4. The van der Waals surface area contributed by atoms with Crippen molar-refractivity contribution in [3.63, 3.8) is 0 Å². The number of nitrogens with zero attached hydrogens (tertiary/aromatic N) is 2. The molecule has 2 aromatic carbocycles. The Kier molecular flexibility index (Phi) is 6.43. The number of fused-ring (bicyclic) bond motifs is 2. The Morgan fingerprint density at radius 3 is 2.43 bits per heavy atom. The number of carbonyl (C=O) groups excluding carboxylic acids is 1. The van der Waals surface area contributed by atoms with Crippen molar-refractivity contribution in [3.8, 4) is 0 Å². The van der Waals surface area contributed by atoms with Crippen molar-refractivity contribution < 1.29 is 17.9 Å². The van der Waals surface area contributed by atoms with Gasteiger partial charge in [-0.25, -0.2) is 13.2 Å². The molecular formula is C28H28N2O4S. The van der Waals surface area contributed by atoms with E-state index in [1.807, 2.05) is 54.7 Å². The summed E-state index contributed by atoms with van der Waals surface area (Å²) < 4.78 is 29.9. The fourth-order valence-electron chi connectivity index (χ4n) is 4.89. The standard InChI is InChI=1S/C28H28N2O4S/c1-35(32,33)24-11-12-25-23(18-24)10-9-22-8-5-15-29-27(22)26(25)21-13-16-30(17-14-21)28(31)34-19-20-6-3-2-4-7-20/h2-8,11-12,15,18H,9-10,13-14,16-17,19H2,1H3. The van der Waals surface area contributed by atoms with Gasteiger partial charge >= 0.3 is 6.09 Å². The van der Waals surface area contributed by atoms with Crippen LogP contribution in [0.1, 0.15) is 40.8 Å². The van der Waals surface area contributed by atoms with Gasteiger partial charge in [-0.15, -0.1) is 0 Å². The molecule has 1 aromatic heterocycles. The van der Waals surface area contributed by atoms with Crippen LogP contribution in [0, 0.1) is 0 Å². The van der Waals surface area contributed by atoms with Gasteiger partial charge in [0.1, 0.15) is 6.61 Å². The SMILES string of the molecule is CS(=O)(=O)c1ccc2c(c1)CCc1cccnc1C2=C1CCN(C(=O)OCc2ccccc2)CC1. The van der Waals surface area contributed by atoms with E-state index >= 15 is 0 Å². The number of rotatable bonds is 3. The summed E-state index contributed by atoms with van der Waals surface area (Å²) in [5.41, 5.74) is 7.50. The van der Waals surface area contributed by atoms with Crippen LogP contribution in [-0.2, 0) is 34.0 Å². The van der Waals surface area contributed by atoms with Crippen molar-refractivity contribution in [1.29, 1.82) is 0 Å². The fraction of sp³-hybridized carbons (Fsp3) is 0.286. The lowest BCUT2D eigenvalue weighted by Gasteiger charge is -2.29. The van der Waals surface area contributed by atoms with E-state index in [0.29, 0.717) is 18.0 Å². The molecule has 0 bridgehead atoms. The normalized spacial score (nSPS) is 15.7. The molecule has 1 aliphatic heterocycles. The maximum atomic E-state index is 12.7. The molecule has 1 amide bonds. The Bertz CT molecular complexity index is 1390. The largest absolute Gasteiger partial charge is 0.445 e. The van der Waals surface area contributed by atoms with Crippen LogP contribution in [0.5, 0.6) is 0 Å². The van der Waals surface area contributed by atoms with Crippen LogP contribution in [0.3, 0.4) is 0 Å². The van der Waals surface area contributed by atoms with E-state index in [1.165, 1.54) is 11.8 Å². The number of sulfone groups is 1. The number of hydrogen-bond donors (Lipinski definition) is 0. The van der Waals surface area contributed by atoms with Gasteiger partial charge in [-0.1, -0.05) is 48.0 Å². The van der Waals surface area contributed by atoms with Crippen LogP contribution < -0.4 is 0 Å². The van der Waals surface area contributed by atoms with Crippen molar-refractivity contribution in [3.05, 3.63) is 100 Å². The smallest absolute Gasteiger partial charge is 0.410 e. The van der Waals surface area contributed by atoms with Gasteiger partial charge in [-0.05, 0) is 66.1 Å². The van der Waals surface area contributed by atoms with Crippen LogP contribution >= 0.6 is 0 Å². The van der Waals surface area contributed by atoms with Crippen LogP contribution in [-0.4, -0.2) is 43.7 Å². The van der Waals surface area contributed by atoms with Gasteiger partial charge in [-0.3, -0.25) is 4.98 Å². The summed E-state index contributed by atoms with van der Waals surface area (Å²) in [6, 6.07) is 19.2. The van der Waals surface area contributed by atoms with Gasteiger partial charge in [0.15, 0.2) is 9.84 Å². The van der Waals surface area contributed by atoms with Crippen molar-refractivity contribution in [1.82, 2.24) is 9.88 Å². The number of aromatic nitrogens is 1. The molecule has 1 fully saturated rings. The van der Waals surface area contributed by atoms with E-state index in [1.54, 1.807) is 11.0 Å². The molecule has 1 aliphatic carbocycles. The highest BCUT2D eigenvalue weighted by molar-refractivity contribution is 7.90. The van der Waals surface area contributed by atoms with Crippen LogP contribution in [0.4, 0.5) is 4.79 Å². The topological polar surface area (TPSA) is 76.6 Å². The third-order valence-electron chi connectivity index (χ3n) is 6.75. The summed E-state index contributed by atoms with van der Waals surface area (Å²) in [4.78, 5) is 19.5. The number of amides is 1. The van der Waals surface area contributed by atoms with Crippen LogP contribution in [0.15, 0.2) is 77.3 Å². The highest BCUT2D eigenvalue weighted by atomic mass is 32.2. The van der Waals surface area contributed by atoms with Crippen molar-refractivity contribution in [2.75, 3.05) is 19.3 Å². The van der Waals surface area contributed by atoms with E-state index in [9.17, 15) is 13.2 Å². The summed E-state index contributed by atoms with van der Waals surface area (Å²) in [6.45, 7) is 1.41. The molecule has 7 heteroatoms. The maximum absolute atomic E-state index is 12.7. The van der Waals surface area contributed by atoms with E-state index < -0.39 is 9.84 Å². The van der Waals surface area contributed by atoms with E-state index in [4.69, 9.17) is 9.72 Å². The second-order valence-corrected chi connectivity index (χ2v) is 11.1. The average molecular weight is 489 g/mol. The first-order valence-electron chi connectivity index (χ1n) is 11.9. The molecule has 0 radical (unpaired) electrons. The first-order valence-corrected chi connectivity index (χ1v) is 13.7. The Hall–Kier alpha value is -3.45. The number of ether oxygens (including phenoxy) is 1. The molecule has 0 atom stereocenters. The highest BCUT2D eigenvalue weighted by Gasteiger charge is 2.27. The maximum Gasteiger partial charge on any atom is 0.410 e. The molecule has 2 aliphatic rings. The van der Waals surface area contributed by atoms with E-state index in [-0.39, 0.29) is 12.7 Å². The Morgan fingerprint density at radius 2 is 1.69 bits per heavy atom. The number of carbonyl (C=O) groups is 1. The monoisotopic (exact) mass is 488 g/mol. The molecule has 6 nitrogen and oxygen atoms in total. The molecule has 3 aromatic rings. The summed E-state index contributed by atoms with van der Waals surface area (Å²) in [7, 11) is -3.29. The summed E-state index contributed by atoms with van der Waals surface area (Å²) in [5.74, 6) is 0.